The minimum Gasteiger partial charge on any atom is -0.475 e. The highest BCUT2D eigenvalue weighted by atomic mass is 19.1. The lowest BCUT2D eigenvalue weighted by molar-refractivity contribution is 0.0623. The van der Waals surface area contributed by atoms with Crippen LogP contribution in [0.1, 0.15) is 5.56 Å². The van der Waals surface area contributed by atoms with Gasteiger partial charge < -0.3 is 9.57 Å². The molecule has 0 radical (unpaired) electrons. The van der Waals surface area contributed by atoms with E-state index in [-0.39, 0.29) is 17.9 Å². The molecule has 1 aliphatic rings. The van der Waals surface area contributed by atoms with Crippen molar-refractivity contribution < 1.29 is 18.4 Å². The largest absolute Gasteiger partial charge is 0.475 e. The standard InChI is InChI=1S/C10H9F2NO2/c11-8-2-1-3-9(12)7(8)6-10-13-15-5-4-14-10/h1-3H,4-6H2. The van der Waals surface area contributed by atoms with Gasteiger partial charge in [-0.3, -0.25) is 0 Å². The van der Waals surface area contributed by atoms with Crippen molar-refractivity contribution in [2.24, 2.45) is 5.16 Å². The second-order valence-electron chi connectivity index (χ2n) is 3.04. The molecule has 2 rings (SSSR count). The molecule has 0 saturated heterocycles. The van der Waals surface area contributed by atoms with E-state index in [1.54, 1.807) is 0 Å². The van der Waals surface area contributed by atoms with Crippen molar-refractivity contribution in [3.8, 4) is 0 Å². The zero-order valence-corrected chi connectivity index (χ0v) is 7.87. The first-order valence-corrected chi connectivity index (χ1v) is 4.52. The molecule has 1 aliphatic heterocycles. The highest BCUT2D eigenvalue weighted by Crippen LogP contribution is 2.14. The second-order valence-corrected chi connectivity index (χ2v) is 3.04. The van der Waals surface area contributed by atoms with Crippen molar-refractivity contribution in [1.29, 1.82) is 0 Å². The van der Waals surface area contributed by atoms with Crippen molar-refractivity contribution in [3.05, 3.63) is 35.4 Å². The second kappa shape index (κ2) is 4.25. The lowest BCUT2D eigenvalue weighted by Gasteiger charge is -2.13. The van der Waals surface area contributed by atoms with Crippen LogP contribution in [0.25, 0.3) is 0 Å². The molecule has 1 aromatic rings. The van der Waals surface area contributed by atoms with Gasteiger partial charge in [0.1, 0.15) is 18.2 Å². The van der Waals surface area contributed by atoms with Gasteiger partial charge in [-0.1, -0.05) is 11.2 Å². The summed E-state index contributed by atoms with van der Waals surface area (Å²) in [6.45, 7) is 0.720. The van der Waals surface area contributed by atoms with Gasteiger partial charge in [-0.15, -0.1) is 0 Å². The van der Waals surface area contributed by atoms with Crippen LogP contribution < -0.4 is 0 Å². The van der Waals surface area contributed by atoms with E-state index < -0.39 is 11.6 Å². The molecule has 1 heterocycles. The molecule has 0 spiro atoms. The lowest BCUT2D eigenvalue weighted by atomic mass is 10.1. The summed E-state index contributed by atoms with van der Waals surface area (Å²) in [4.78, 5) is 4.75. The van der Waals surface area contributed by atoms with Crippen LogP contribution in [0.15, 0.2) is 23.4 Å². The zero-order valence-electron chi connectivity index (χ0n) is 7.87. The molecular formula is C10H9F2NO2. The highest BCUT2D eigenvalue weighted by Gasteiger charge is 2.15. The molecule has 0 aliphatic carbocycles. The third-order valence-electron chi connectivity index (χ3n) is 2.00. The number of oxime groups is 1. The minimum absolute atomic E-state index is 0.0293. The summed E-state index contributed by atoms with van der Waals surface area (Å²) >= 11 is 0. The molecule has 0 bridgehead atoms. The molecule has 0 fully saturated rings. The minimum atomic E-state index is -0.605. The first-order chi connectivity index (χ1) is 7.27. The van der Waals surface area contributed by atoms with Crippen molar-refractivity contribution in [1.82, 2.24) is 0 Å². The van der Waals surface area contributed by atoms with E-state index in [1.807, 2.05) is 0 Å². The van der Waals surface area contributed by atoms with Gasteiger partial charge in [0.05, 0.1) is 6.42 Å². The normalized spacial score (nSPS) is 15.2. The van der Waals surface area contributed by atoms with Gasteiger partial charge in [-0.2, -0.15) is 0 Å². The number of halogens is 2. The third kappa shape index (κ3) is 2.23. The predicted molar refractivity (Wildman–Crippen MR) is 49.4 cm³/mol. The first kappa shape index (κ1) is 9.89. The van der Waals surface area contributed by atoms with Crippen molar-refractivity contribution >= 4 is 5.90 Å². The van der Waals surface area contributed by atoms with E-state index in [0.29, 0.717) is 13.2 Å². The Labute approximate surface area is 85.3 Å². The number of rotatable bonds is 2. The Balaban J connectivity index is 2.19. The van der Waals surface area contributed by atoms with Gasteiger partial charge in [-0.05, 0) is 12.1 Å². The smallest absolute Gasteiger partial charge is 0.230 e. The average molecular weight is 213 g/mol. The first-order valence-electron chi connectivity index (χ1n) is 4.52. The van der Waals surface area contributed by atoms with Crippen molar-refractivity contribution in [2.75, 3.05) is 13.2 Å². The van der Waals surface area contributed by atoms with E-state index in [1.165, 1.54) is 18.2 Å². The number of hydrogen-bond acceptors (Lipinski definition) is 3. The van der Waals surface area contributed by atoms with E-state index in [2.05, 4.69) is 5.16 Å². The summed E-state index contributed by atoms with van der Waals surface area (Å²) in [5.41, 5.74) is -0.0539. The number of ether oxygens (including phenoxy) is 1. The number of benzene rings is 1. The van der Waals surface area contributed by atoms with Gasteiger partial charge in [0.2, 0.25) is 5.90 Å². The van der Waals surface area contributed by atoms with Crippen molar-refractivity contribution in [3.63, 3.8) is 0 Å². The van der Waals surface area contributed by atoms with E-state index >= 15 is 0 Å². The molecule has 0 N–H and O–H groups in total. The fourth-order valence-corrected chi connectivity index (χ4v) is 1.28. The Hall–Kier alpha value is -1.65. The number of nitrogens with zero attached hydrogens (tertiary/aromatic N) is 1. The fourth-order valence-electron chi connectivity index (χ4n) is 1.28. The predicted octanol–water partition coefficient (Wildman–Crippen LogP) is 1.87. The Morgan fingerprint density at radius 2 is 1.93 bits per heavy atom. The fraction of sp³-hybridized carbons (Fsp3) is 0.300. The Morgan fingerprint density at radius 1 is 1.20 bits per heavy atom. The molecule has 0 atom stereocenters. The van der Waals surface area contributed by atoms with E-state index in [9.17, 15) is 8.78 Å². The van der Waals surface area contributed by atoms with Gasteiger partial charge >= 0.3 is 0 Å². The summed E-state index contributed by atoms with van der Waals surface area (Å²) in [7, 11) is 0. The van der Waals surface area contributed by atoms with Gasteiger partial charge in [-0.25, -0.2) is 8.78 Å². The van der Waals surface area contributed by atoms with E-state index in [4.69, 9.17) is 9.57 Å². The Morgan fingerprint density at radius 3 is 2.53 bits per heavy atom. The maximum Gasteiger partial charge on any atom is 0.230 e. The summed E-state index contributed by atoms with van der Waals surface area (Å²) in [5, 5.41) is 3.57. The van der Waals surface area contributed by atoms with Crippen LogP contribution in [-0.2, 0) is 16.0 Å². The van der Waals surface area contributed by atoms with Gasteiger partial charge in [0, 0.05) is 5.56 Å². The van der Waals surface area contributed by atoms with Gasteiger partial charge in [0.15, 0.2) is 6.61 Å². The van der Waals surface area contributed by atoms with Crippen LogP contribution in [0.5, 0.6) is 0 Å². The monoisotopic (exact) mass is 213 g/mol. The summed E-state index contributed by atoms with van der Waals surface area (Å²) in [5.74, 6) is -1.01. The van der Waals surface area contributed by atoms with Crippen LogP contribution in [0.4, 0.5) is 8.78 Å². The maximum absolute atomic E-state index is 13.2. The molecule has 1 aromatic carbocycles. The molecular weight excluding hydrogens is 204 g/mol. The molecule has 0 unspecified atom stereocenters. The van der Waals surface area contributed by atoms with Crippen molar-refractivity contribution in [2.45, 2.75) is 6.42 Å². The zero-order chi connectivity index (χ0) is 10.7. The highest BCUT2D eigenvalue weighted by molar-refractivity contribution is 5.78. The summed E-state index contributed by atoms with van der Waals surface area (Å²) in [6, 6.07) is 3.71. The Bertz CT molecular complexity index is 373. The SMILES string of the molecule is Fc1cccc(F)c1CC1=NOCCO1. The summed E-state index contributed by atoms with van der Waals surface area (Å²) < 4.78 is 31.5. The van der Waals surface area contributed by atoms with Crippen LogP contribution in [0.2, 0.25) is 0 Å². The van der Waals surface area contributed by atoms with Gasteiger partial charge in [0.25, 0.3) is 0 Å². The molecule has 0 saturated carbocycles. The van der Waals surface area contributed by atoms with Crippen LogP contribution >= 0.6 is 0 Å². The van der Waals surface area contributed by atoms with Crippen LogP contribution in [-0.4, -0.2) is 19.1 Å². The molecule has 80 valence electrons. The lowest BCUT2D eigenvalue weighted by Crippen LogP contribution is -2.19. The molecule has 3 nitrogen and oxygen atoms in total. The maximum atomic E-state index is 13.2. The molecule has 5 heteroatoms. The third-order valence-corrected chi connectivity index (χ3v) is 2.00. The average Bonchev–Trinajstić information content (AvgIpc) is 2.25. The van der Waals surface area contributed by atoms with Crippen LogP contribution in [0.3, 0.4) is 0 Å². The Kier molecular flexibility index (Phi) is 2.80. The van der Waals surface area contributed by atoms with Crippen LogP contribution in [0, 0.1) is 11.6 Å². The molecule has 0 aromatic heterocycles. The quantitative estimate of drug-likeness (QED) is 0.750. The summed E-state index contributed by atoms with van der Waals surface area (Å²) in [6.07, 6.45) is -0.0293. The molecule has 15 heavy (non-hydrogen) atoms. The van der Waals surface area contributed by atoms with E-state index in [0.717, 1.165) is 0 Å². The molecule has 0 amide bonds. The number of hydrogen-bond donors (Lipinski definition) is 0. The topological polar surface area (TPSA) is 30.8 Å².